The predicted molar refractivity (Wildman–Crippen MR) is 69.2 cm³/mol. The quantitative estimate of drug-likeness (QED) is 0.765. The van der Waals surface area contributed by atoms with Crippen LogP contribution in [0.1, 0.15) is 0 Å². The van der Waals surface area contributed by atoms with E-state index in [2.05, 4.69) is 0 Å². The number of anilines is 1. The second-order valence-electron chi connectivity index (χ2n) is 4.02. The maximum atomic E-state index is 11.2. The number of carbonyl (C=O) groups is 2. The van der Waals surface area contributed by atoms with Gasteiger partial charge in [-0.3, -0.25) is 9.59 Å². The van der Waals surface area contributed by atoms with Crippen molar-refractivity contribution in [1.82, 2.24) is 9.91 Å². The van der Waals surface area contributed by atoms with Crippen LogP contribution in [-0.2, 0) is 9.59 Å². The minimum atomic E-state index is 0.626. The smallest absolute Gasteiger partial charge is 0.228 e. The highest BCUT2D eigenvalue weighted by Crippen LogP contribution is 2.19. The van der Waals surface area contributed by atoms with Gasteiger partial charge < -0.3 is 4.90 Å². The van der Waals surface area contributed by atoms with Crippen molar-refractivity contribution >= 4 is 30.1 Å². The molecule has 1 fully saturated rings. The van der Waals surface area contributed by atoms with Crippen LogP contribution in [0.15, 0.2) is 24.3 Å². The minimum Gasteiger partial charge on any atom is -0.343 e. The van der Waals surface area contributed by atoms with Gasteiger partial charge in [0.1, 0.15) is 0 Å². The van der Waals surface area contributed by atoms with Gasteiger partial charge in [-0.15, -0.1) is 0 Å². The van der Waals surface area contributed by atoms with Crippen molar-refractivity contribution in [2.45, 2.75) is 0 Å². The van der Waals surface area contributed by atoms with Gasteiger partial charge in [0, 0.05) is 31.2 Å². The Labute approximate surface area is 110 Å². The second-order valence-corrected chi connectivity index (χ2v) is 4.46. The molecular weight excluding hydrogens is 254 g/mol. The van der Waals surface area contributed by atoms with E-state index in [-0.39, 0.29) is 0 Å². The van der Waals surface area contributed by atoms with Crippen molar-refractivity contribution in [2.24, 2.45) is 0 Å². The van der Waals surface area contributed by atoms with Crippen molar-refractivity contribution in [3.05, 3.63) is 29.3 Å². The molecule has 0 radical (unpaired) electrons. The molecule has 2 rings (SSSR count). The lowest BCUT2D eigenvalue weighted by molar-refractivity contribution is -0.120. The van der Waals surface area contributed by atoms with Crippen LogP contribution in [0.5, 0.6) is 0 Å². The van der Waals surface area contributed by atoms with Crippen LogP contribution in [0.4, 0.5) is 5.69 Å². The number of carbonyl (C=O) groups excluding carboxylic acids is 2. The SMILES string of the molecule is O=CN1CCN(N(C=O)c2ccc(Cl)cc2)CC1. The zero-order valence-corrected chi connectivity index (χ0v) is 10.6. The molecule has 0 bridgehead atoms. The molecule has 96 valence electrons. The van der Waals surface area contributed by atoms with E-state index in [1.54, 1.807) is 34.2 Å². The lowest BCUT2D eigenvalue weighted by atomic mass is 10.3. The Kier molecular flexibility index (Phi) is 4.17. The summed E-state index contributed by atoms with van der Waals surface area (Å²) in [4.78, 5) is 23.5. The Balaban J connectivity index is 2.07. The summed E-state index contributed by atoms with van der Waals surface area (Å²) in [6.07, 6.45) is 1.62. The number of piperazine rings is 1. The maximum absolute atomic E-state index is 11.2. The third kappa shape index (κ3) is 2.80. The van der Waals surface area contributed by atoms with Gasteiger partial charge >= 0.3 is 0 Å². The maximum Gasteiger partial charge on any atom is 0.228 e. The molecule has 1 heterocycles. The summed E-state index contributed by atoms with van der Waals surface area (Å²) in [7, 11) is 0. The van der Waals surface area contributed by atoms with E-state index in [1.165, 1.54) is 0 Å². The zero-order chi connectivity index (χ0) is 13.0. The van der Waals surface area contributed by atoms with Crippen LogP contribution < -0.4 is 5.01 Å². The van der Waals surface area contributed by atoms with Gasteiger partial charge in [-0.2, -0.15) is 0 Å². The standard InChI is InChI=1S/C12H14ClN3O2/c13-11-1-3-12(4-2-11)16(10-18)15-7-5-14(9-17)6-8-15/h1-4,9-10H,5-8H2. The lowest BCUT2D eigenvalue weighted by Crippen LogP contribution is -2.53. The number of halogens is 1. The number of hydrogen-bond donors (Lipinski definition) is 0. The normalized spacial score (nSPS) is 16.4. The van der Waals surface area contributed by atoms with Gasteiger partial charge in [-0.25, -0.2) is 10.0 Å². The number of nitrogens with zero attached hydrogens (tertiary/aromatic N) is 3. The summed E-state index contributed by atoms with van der Waals surface area (Å²) in [5.74, 6) is 0. The Hall–Kier alpha value is -1.59. The van der Waals surface area contributed by atoms with E-state index in [1.807, 2.05) is 5.01 Å². The fourth-order valence-electron chi connectivity index (χ4n) is 1.92. The third-order valence-corrected chi connectivity index (χ3v) is 3.19. The summed E-state index contributed by atoms with van der Waals surface area (Å²) < 4.78 is 0. The van der Waals surface area contributed by atoms with Gasteiger partial charge in [0.05, 0.1) is 5.69 Å². The van der Waals surface area contributed by atoms with Crippen LogP contribution in [0.2, 0.25) is 5.02 Å². The molecule has 1 aliphatic heterocycles. The Morgan fingerprint density at radius 1 is 1.06 bits per heavy atom. The van der Waals surface area contributed by atoms with Gasteiger partial charge in [-0.1, -0.05) is 11.6 Å². The highest BCUT2D eigenvalue weighted by atomic mass is 35.5. The van der Waals surface area contributed by atoms with Crippen LogP contribution in [0.25, 0.3) is 0 Å². The lowest BCUT2D eigenvalue weighted by Gasteiger charge is -2.37. The monoisotopic (exact) mass is 267 g/mol. The van der Waals surface area contributed by atoms with Crippen molar-refractivity contribution in [3.63, 3.8) is 0 Å². The summed E-state index contributed by atoms with van der Waals surface area (Å²) >= 11 is 5.82. The first-order valence-corrected chi connectivity index (χ1v) is 6.06. The first-order valence-electron chi connectivity index (χ1n) is 5.69. The highest BCUT2D eigenvalue weighted by Gasteiger charge is 2.21. The van der Waals surface area contributed by atoms with Gasteiger partial charge in [0.2, 0.25) is 12.8 Å². The summed E-state index contributed by atoms with van der Waals surface area (Å²) in [5.41, 5.74) is 0.772. The van der Waals surface area contributed by atoms with E-state index >= 15 is 0 Å². The minimum absolute atomic E-state index is 0.626. The first-order chi connectivity index (χ1) is 8.74. The summed E-state index contributed by atoms with van der Waals surface area (Å²) in [6, 6.07) is 7.08. The molecule has 1 aliphatic rings. The fourth-order valence-corrected chi connectivity index (χ4v) is 2.04. The van der Waals surface area contributed by atoms with Crippen LogP contribution in [-0.4, -0.2) is 48.9 Å². The fraction of sp³-hybridized carbons (Fsp3) is 0.333. The molecule has 5 nitrogen and oxygen atoms in total. The summed E-state index contributed by atoms with van der Waals surface area (Å²) in [5, 5.41) is 4.10. The Morgan fingerprint density at radius 2 is 1.67 bits per heavy atom. The molecule has 1 aromatic rings. The van der Waals surface area contributed by atoms with Crippen molar-refractivity contribution in [1.29, 1.82) is 0 Å². The average Bonchev–Trinajstić information content (AvgIpc) is 2.42. The molecule has 0 spiro atoms. The van der Waals surface area contributed by atoms with Crippen molar-refractivity contribution in [2.75, 3.05) is 31.2 Å². The zero-order valence-electron chi connectivity index (χ0n) is 9.83. The van der Waals surface area contributed by atoms with Crippen molar-refractivity contribution < 1.29 is 9.59 Å². The molecule has 6 heteroatoms. The molecule has 18 heavy (non-hydrogen) atoms. The largest absolute Gasteiger partial charge is 0.343 e. The molecular formula is C12H14ClN3O2. The molecule has 2 amide bonds. The Morgan fingerprint density at radius 3 is 2.17 bits per heavy atom. The van der Waals surface area contributed by atoms with Crippen LogP contribution >= 0.6 is 11.6 Å². The van der Waals surface area contributed by atoms with Gasteiger partial charge in [0.15, 0.2) is 0 Å². The average molecular weight is 268 g/mol. The van der Waals surface area contributed by atoms with Crippen LogP contribution in [0, 0.1) is 0 Å². The number of amides is 2. The van der Waals surface area contributed by atoms with Crippen molar-refractivity contribution in [3.8, 4) is 0 Å². The second kappa shape index (κ2) is 5.84. The molecule has 0 unspecified atom stereocenters. The van der Waals surface area contributed by atoms with E-state index in [4.69, 9.17) is 11.6 Å². The van der Waals surface area contributed by atoms with Crippen LogP contribution in [0.3, 0.4) is 0 Å². The molecule has 0 atom stereocenters. The number of rotatable bonds is 4. The highest BCUT2D eigenvalue weighted by molar-refractivity contribution is 6.30. The number of hydrazine groups is 1. The first kappa shape index (κ1) is 12.9. The molecule has 0 aliphatic carbocycles. The molecule has 0 N–H and O–H groups in total. The summed E-state index contributed by atoms with van der Waals surface area (Å²) in [6.45, 7) is 2.53. The predicted octanol–water partition coefficient (Wildman–Crippen LogP) is 0.992. The van der Waals surface area contributed by atoms with E-state index in [0.717, 1.165) is 18.5 Å². The van der Waals surface area contributed by atoms with Gasteiger partial charge in [-0.05, 0) is 24.3 Å². The molecule has 0 saturated carbocycles. The number of hydrogen-bond acceptors (Lipinski definition) is 3. The molecule has 1 saturated heterocycles. The van der Waals surface area contributed by atoms with Gasteiger partial charge in [0.25, 0.3) is 0 Å². The van der Waals surface area contributed by atoms with E-state index < -0.39 is 0 Å². The number of benzene rings is 1. The molecule has 0 aromatic heterocycles. The molecule has 1 aromatic carbocycles. The third-order valence-electron chi connectivity index (χ3n) is 2.94. The van der Waals surface area contributed by atoms with E-state index in [9.17, 15) is 9.59 Å². The van der Waals surface area contributed by atoms with E-state index in [0.29, 0.717) is 31.2 Å². The Bertz CT molecular complexity index is 416. The topological polar surface area (TPSA) is 43.9 Å².